The molecule has 0 aliphatic heterocycles. The number of hydrogen-bond donors (Lipinski definition) is 2. The molecule has 0 saturated heterocycles. The smallest absolute Gasteiger partial charge is 0.186 e. The Morgan fingerprint density at radius 1 is 1.13 bits per heavy atom. The number of hydrogen-bond acceptors (Lipinski definition) is 1. The lowest BCUT2D eigenvalue weighted by atomic mass is 10.1. The van der Waals surface area contributed by atoms with Crippen molar-refractivity contribution < 1.29 is 4.39 Å². The first kappa shape index (κ1) is 11.5. The number of aliphatic imine (C=N–C) groups is 1. The van der Waals surface area contributed by atoms with Gasteiger partial charge < -0.3 is 11.5 Å². The molecule has 0 fully saturated rings. The normalized spacial score (nSPS) is 9.93. The van der Waals surface area contributed by atoms with Gasteiger partial charge in [-0.05, 0) is 24.0 Å². The van der Waals surface area contributed by atoms with Gasteiger partial charge in [0.05, 0.1) is 13.2 Å². The second kappa shape index (κ2) is 6.01. The second-order valence-electron chi connectivity index (χ2n) is 3.35. The number of benzene rings is 1. The van der Waals surface area contributed by atoms with Crippen LogP contribution in [0.4, 0.5) is 4.39 Å². The van der Waals surface area contributed by atoms with E-state index in [2.05, 4.69) is 4.99 Å². The third kappa shape index (κ3) is 4.44. The lowest BCUT2D eigenvalue weighted by Crippen LogP contribution is -2.22. The van der Waals surface area contributed by atoms with E-state index in [9.17, 15) is 4.39 Å². The third-order valence-electron chi connectivity index (χ3n) is 2.07. The molecule has 0 aliphatic rings. The summed E-state index contributed by atoms with van der Waals surface area (Å²) < 4.78 is 11.9. The van der Waals surface area contributed by atoms with Crippen LogP contribution in [0.2, 0.25) is 0 Å². The van der Waals surface area contributed by atoms with Gasteiger partial charge in [-0.15, -0.1) is 0 Å². The standard InChI is InChI=1S/C11H16FN3/c12-7-1-2-9-3-5-10(6-4-9)8-15-11(13)14/h3-6H,1-2,7-8H2,(H4,13,14,15). The summed E-state index contributed by atoms with van der Waals surface area (Å²) in [5.74, 6) is 0.0940. The first-order valence-electron chi connectivity index (χ1n) is 4.91. The maximum absolute atomic E-state index is 11.9. The Morgan fingerprint density at radius 3 is 2.27 bits per heavy atom. The topological polar surface area (TPSA) is 64.4 Å². The molecule has 0 atom stereocenters. The maximum Gasteiger partial charge on any atom is 0.186 e. The van der Waals surface area contributed by atoms with Gasteiger partial charge in [-0.25, -0.2) is 4.99 Å². The molecule has 0 aliphatic carbocycles. The zero-order valence-corrected chi connectivity index (χ0v) is 8.62. The van der Waals surface area contributed by atoms with Crippen LogP contribution in [0.3, 0.4) is 0 Å². The van der Waals surface area contributed by atoms with Gasteiger partial charge in [0.2, 0.25) is 0 Å². The van der Waals surface area contributed by atoms with E-state index in [1.165, 1.54) is 0 Å². The predicted molar refractivity (Wildman–Crippen MR) is 60.3 cm³/mol. The molecule has 0 unspecified atom stereocenters. The van der Waals surface area contributed by atoms with Gasteiger partial charge in [0, 0.05) is 0 Å². The summed E-state index contributed by atoms with van der Waals surface area (Å²) in [7, 11) is 0. The lowest BCUT2D eigenvalue weighted by Gasteiger charge is -2.01. The van der Waals surface area contributed by atoms with Crippen LogP contribution in [0.5, 0.6) is 0 Å². The molecule has 4 heteroatoms. The molecule has 0 radical (unpaired) electrons. The molecule has 4 N–H and O–H groups in total. The van der Waals surface area contributed by atoms with Crippen LogP contribution < -0.4 is 11.5 Å². The second-order valence-corrected chi connectivity index (χ2v) is 3.35. The van der Waals surface area contributed by atoms with Crippen LogP contribution in [0.25, 0.3) is 0 Å². The average molecular weight is 209 g/mol. The fourth-order valence-corrected chi connectivity index (χ4v) is 1.26. The monoisotopic (exact) mass is 209 g/mol. The predicted octanol–water partition coefficient (Wildman–Crippen LogP) is 1.36. The number of aryl methyl sites for hydroxylation is 1. The first-order valence-corrected chi connectivity index (χ1v) is 4.91. The number of alkyl halides is 1. The fourth-order valence-electron chi connectivity index (χ4n) is 1.26. The molecule has 0 amide bonds. The van der Waals surface area contributed by atoms with E-state index in [1.54, 1.807) is 0 Å². The summed E-state index contributed by atoms with van der Waals surface area (Å²) in [6.07, 6.45) is 1.35. The first-order chi connectivity index (χ1) is 7.22. The zero-order valence-electron chi connectivity index (χ0n) is 8.62. The minimum atomic E-state index is -0.268. The van der Waals surface area contributed by atoms with Crippen molar-refractivity contribution >= 4 is 5.96 Å². The molecule has 0 bridgehead atoms. The maximum atomic E-state index is 11.9. The van der Waals surface area contributed by atoms with Crippen LogP contribution in [-0.2, 0) is 13.0 Å². The summed E-state index contributed by atoms with van der Waals surface area (Å²) in [6, 6.07) is 7.88. The lowest BCUT2D eigenvalue weighted by molar-refractivity contribution is 0.473. The minimum absolute atomic E-state index is 0.0940. The van der Waals surface area contributed by atoms with Crippen molar-refractivity contribution in [1.29, 1.82) is 0 Å². The Labute approximate surface area is 89.0 Å². The molecule has 82 valence electrons. The van der Waals surface area contributed by atoms with E-state index in [4.69, 9.17) is 11.5 Å². The van der Waals surface area contributed by atoms with Crippen molar-refractivity contribution in [2.45, 2.75) is 19.4 Å². The summed E-state index contributed by atoms with van der Waals surface area (Å²) in [6.45, 7) is 0.224. The molecular weight excluding hydrogens is 193 g/mol. The van der Waals surface area contributed by atoms with Crippen LogP contribution in [-0.4, -0.2) is 12.6 Å². The van der Waals surface area contributed by atoms with Gasteiger partial charge in [-0.1, -0.05) is 24.3 Å². The fraction of sp³-hybridized carbons (Fsp3) is 0.364. The van der Waals surface area contributed by atoms with E-state index in [0.29, 0.717) is 13.0 Å². The Bertz CT molecular complexity index is 315. The van der Waals surface area contributed by atoms with Crippen molar-refractivity contribution in [3.05, 3.63) is 35.4 Å². The number of guanidine groups is 1. The highest BCUT2D eigenvalue weighted by Crippen LogP contribution is 2.07. The van der Waals surface area contributed by atoms with Crippen LogP contribution >= 0.6 is 0 Å². The zero-order chi connectivity index (χ0) is 11.1. The molecule has 0 aromatic heterocycles. The van der Waals surface area contributed by atoms with E-state index in [-0.39, 0.29) is 12.6 Å². The van der Waals surface area contributed by atoms with E-state index >= 15 is 0 Å². The highest BCUT2D eigenvalue weighted by molar-refractivity contribution is 5.75. The van der Waals surface area contributed by atoms with Crippen molar-refractivity contribution in [2.75, 3.05) is 6.67 Å². The molecule has 0 saturated carbocycles. The molecular formula is C11H16FN3. The SMILES string of the molecule is NC(N)=NCc1ccc(CCCF)cc1. The van der Waals surface area contributed by atoms with Crippen molar-refractivity contribution in [3.63, 3.8) is 0 Å². The summed E-state index contributed by atoms with van der Waals surface area (Å²) >= 11 is 0. The van der Waals surface area contributed by atoms with E-state index in [1.807, 2.05) is 24.3 Å². The molecule has 0 spiro atoms. The number of rotatable bonds is 5. The molecule has 1 rings (SSSR count). The van der Waals surface area contributed by atoms with Gasteiger partial charge in [0.25, 0.3) is 0 Å². The van der Waals surface area contributed by atoms with Crippen molar-refractivity contribution in [3.8, 4) is 0 Å². The average Bonchev–Trinajstić information content (AvgIpc) is 2.25. The Hall–Kier alpha value is -1.58. The molecule has 3 nitrogen and oxygen atoms in total. The van der Waals surface area contributed by atoms with Gasteiger partial charge in [0.1, 0.15) is 0 Å². The number of halogens is 1. The van der Waals surface area contributed by atoms with Crippen molar-refractivity contribution in [2.24, 2.45) is 16.5 Å². The summed E-state index contributed by atoms with van der Waals surface area (Å²) in [5, 5.41) is 0. The van der Waals surface area contributed by atoms with Crippen LogP contribution in [0.15, 0.2) is 29.3 Å². The number of nitrogens with two attached hydrogens (primary N) is 2. The summed E-state index contributed by atoms with van der Waals surface area (Å²) in [5.41, 5.74) is 12.6. The third-order valence-corrected chi connectivity index (χ3v) is 2.07. The molecule has 1 aromatic rings. The highest BCUT2D eigenvalue weighted by Gasteiger charge is 1.94. The van der Waals surface area contributed by atoms with Gasteiger partial charge in [-0.2, -0.15) is 0 Å². The van der Waals surface area contributed by atoms with Crippen LogP contribution in [0.1, 0.15) is 17.5 Å². The Morgan fingerprint density at radius 2 is 1.73 bits per heavy atom. The number of nitrogens with zero attached hydrogens (tertiary/aromatic N) is 1. The van der Waals surface area contributed by atoms with Gasteiger partial charge in [-0.3, -0.25) is 4.39 Å². The Kier molecular flexibility index (Phi) is 4.60. The highest BCUT2D eigenvalue weighted by atomic mass is 19.1. The minimum Gasteiger partial charge on any atom is -0.370 e. The van der Waals surface area contributed by atoms with Gasteiger partial charge >= 0.3 is 0 Å². The largest absolute Gasteiger partial charge is 0.370 e. The quantitative estimate of drug-likeness (QED) is 0.568. The van der Waals surface area contributed by atoms with Crippen molar-refractivity contribution in [1.82, 2.24) is 0 Å². The molecule has 1 aromatic carbocycles. The Balaban J connectivity index is 2.52. The van der Waals surface area contributed by atoms with E-state index < -0.39 is 0 Å². The summed E-state index contributed by atoms with van der Waals surface area (Å²) in [4.78, 5) is 3.90. The van der Waals surface area contributed by atoms with Gasteiger partial charge in [0.15, 0.2) is 5.96 Å². The molecule has 15 heavy (non-hydrogen) atoms. The van der Waals surface area contributed by atoms with E-state index in [0.717, 1.165) is 17.5 Å². The van der Waals surface area contributed by atoms with Crippen LogP contribution in [0, 0.1) is 0 Å². The molecule has 0 heterocycles.